The third kappa shape index (κ3) is 4.52. The van der Waals surface area contributed by atoms with E-state index in [1.807, 2.05) is 18.7 Å². The lowest BCUT2D eigenvalue weighted by Crippen LogP contribution is -2.27. The number of nitrogens with two attached hydrogens (primary N) is 1. The zero-order valence-electron chi connectivity index (χ0n) is 12.3. The topological polar surface area (TPSA) is 73.1 Å². The molecule has 0 spiro atoms. The summed E-state index contributed by atoms with van der Waals surface area (Å²) >= 11 is 1.98. The van der Waals surface area contributed by atoms with Gasteiger partial charge < -0.3 is 15.8 Å². The maximum atomic E-state index is 5.83. The van der Waals surface area contributed by atoms with Crippen molar-refractivity contribution in [1.82, 2.24) is 9.97 Å². The summed E-state index contributed by atoms with van der Waals surface area (Å²) in [6.45, 7) is 3.02. The van der Waals surface area contributed by atoms with Gasteiger partial charge in [-0.05, 0) is 38.9 Å². The molecule has 1 fully saturated rings. The summed E-state index contributed by atoms with van der Waals surface area (Å²) < 4.78 is 5.34. The van der Waals surface area contributed by atoms with Crippen molar-refractivity contribution in [2.24, 2.45) is 0 Å². The number of nitrogens with zero attached hydrogens (tertiary/aromatic N) is 2. The van der Waals surface area contributed by atoms with E-state index in [0.29, 0.717) is 30.9 Å². The smallest absolute Gasteiger partial charge is 0.158 e. The van der Waals surface area contributed by atoms with Crippen LogP contribution in [-0.4, -0.2) is 34.1 Å². The predicted octanol–water partition coefficient (Wildman–Crippen LogP) is 2.68. The summed E-state index contributed by atoms with van der Waals surface area (Å²) in [6.07, 6.45) is 7.12. The molecule has 0 aliphatic heterocycles. The molecule has 0 unspecified atom stereocenters. The van der Waals surface area contributed by atoms with Gasteiger partial charge in [0.25, 0.3) is 0 Å². The second-order valence-corrected chi connectivity index (χ2v) is 6.22. The number of aromatic nitrogens is 2. The van der Waals surface area contributed by atoms with E-state index >= 15 is 0 Å². The number of ether oxygens (including phenoxy) is 1. The first-order valence-electron chi connectivity index (χ1n) is 7.21. The number of nitrogen functional groups attached to an aromatic ring is 1. The molecule has 0 amide bonds. The van der Waals surface area contributed by atoms with Crippen molar-refractivity contribution >= 4 is 23.4 Å². The normalized spacial score (nSPS) is 22.7. The third-order valence-electron chi connectivity index (χ3n) is 3.59. The molecule has 0 atom stereocenters. The van der Waals surface area contributed by atoms with Gasteiger partial charge in [-0.1, -0.05) is 0 Å². The van der Waals surface area contributed by atoms with E-state index in [0.717, 1.165) is 11.1 Å². The van der Waals surface area contributed by atoms with E-state index in [1.165, 1.54) is 25.7 Å². The molecule has 20 heavy (non-hydrogen) atoms. The molecular formula is C14H24N4OS. The summed E-state index contributed by atoms with van der Waals surface area (Å²) in [4.78, 5) is 8.66. The molecule has 1 aliphatic rings. The van der Waals surface area contributed by atoms with Gasteiger partial charge >= 0.3 is 0 Å². The molecule has 0 aromatic carbocycles. The van der Waals surface area contributed by atoms with Crippen molar-refractivity contribution in [2.75, 3.05) is 23.9 Å². The Morgan fingerprint density at radius 3 is 2.75 bits per heavy atom. The van der Waals surface area contributed by atoms with Crippen LogP contribution in [0.3, 0.4) is 0 Å². The second kappa shape index (κ2) is 7.69. The van der Waals surface area contributed by atoms with E-state index in [1.54, 1.807) is 6.07 Å². The lowest BCUT2D eigenvalue weighted by molar-refractivity contribution is 0.128. The molecule has 1 saturated carbocycles. The van der Waals surface area contributed by atoms with Gasteiger partial charge in [-0.2, -0.15) is 11.8 Å². The molecule has 6 heteroatoms. The standard InChI is InChI=1S/C14H24N4OS/c1-3-19-9-14-17-12(15)8-13(18-14)16-10-4-6-11(20-2)7-5-10/h8,10-11H,3-7,9H2,1-2H3,(H3,15,16,17,18). The van der Waals surface area contributed by atoms with Gasteiger partial charge in [-0.3, -0.25) is 0 Å². The van der Waals surface area contributed by atoms with Gasteiger partial charge in [0.1, 0.15) is 18.2 Å². The molecule has 2 rings (SSSR count). The maximum absolute atomic E-state index is 5.83. The van der Waals surface area contributed by atoms with Crippen LogP contribution in [0.1, 0.15) is 38.4 Å². The van der Waals surface area contributed by atoms with Crippen LogP contribution < -0.4 is 11.1 Å². The maximum Gasteiger partial charge on any atom is 0.158 e. The molecule has 1 heterocycles. The summed E-state index contributed by atoms with van der Waals surface area (Å²) in [7, 11) is 0. The monoisotopic (exact) mass is 296 g/mol. The average Bonchev–Trinajstić information content (AvgIpc) is 2.45. The van der Waals surface area contributed by atoms with E-state index < -0.39 is 0 Å². The number of anilines is 2. The number of thioether (sulfide) groups is 1. The summed E-state index contributed by atoms with van der Waals surface area (Å²) in [5.74, 6) is 1.96. The number of nitrogens with one attached hydrogen (secondary N) is 1. The molecular weight excluding hydrogens is 272 g/mol. The lowest BCUT2D eigenvalue weighted by Gasteiger charge is -2.28. The zero-order valence-corrected chi connectivity index (χ0v) is 13.1. The van der Waals surface area contributed by atoms with Crippen LogP contribution in [0.25, 0.3) is 0 Å². The quantitative estimate of drug-likeness (QED) is 0.841. The number of hydrogen-bond donors (Lipinski definition) is 2. The van der Waals surface area contributed by atoms with Gasteiger partial charge in [0.15, 0.2) is 5.82 Å². The van der Waals surface area contributed by atoms with Crippen molar-refractivity contribution in [2.45, 2.75) is 50.5 Å². The fraction of sp³-hybridized carbons (Fsp3) is 0.714. The van der Waals surface area contributed by atoms with E-state index in [4.69, 9.17) is 10.5 Å². The van der Waals surface area contributed by atoms with Crippen molar-refractivity contribution in [3.05, 3.63) is 11.9 Å². The molecule has 112 valence electrons. The van der Waals surface area contributed by atoms with Crippen molar-refractivity contribution in [1.29, 1.82) is 0 Å². The van der Waals surface area contributed by atoms with Crippen molar-refractivity contribution in [3.8, 4) is 0 Å². The fourth-order valence-electron chi connectivity index (χ4n) is 2.50. The Labute approximate surface area is 125 Å². The van der Waals surface area contributed by atoms with E-state index in [9.17, 15) is 0 Å². The van der Waals surface area contributed by atoms with Crippen LogP contribution in [0.2, 0.25) is 0 Å². The molecule has 0 saturated heterocycles. The molecule has 0 radical (unpaired) electrons. The molecule has 0 bridgehead atoms. The van der Waals surface area contributed by atoms with E-state index in [-0.39, 0.29) is 0 Å². The third-order valence-corrected chi connectivity index (χ3v) is 4.73. The lowest BCUT2D eigenvalue weighted by atomic mass is 9.95. The minimum absolute atomic E-state index is 0.412. The van der Waals surface area contributed by atoms with Crippen LogP contribution in [0, 0.1) is 0 Å². The highest BCUT2D eigenvalue weighted by Gasteiger charge is 2.20. The Hall–Kier alpha value is -1.01. The summed E-state index contributed by atoms with van der Waals surface area (Å²) in [5.41, 5.74) is 5.83. The Balaban J connectivity index is 1.93. The Morgan fingerprint density at radius 1 is 1.35 bits per heavy atom. The van der Waals surface area contributed by atoms with Crippen LogP contribution in [0.15, 0.2) is 6.07 Å². The molecule has 1 aromatic heterocycles. The van der Waals surface area contributed by atoms with Crippen LogP contribution in [0.5, 0.6) is 0 Å². The molecule has 3 N–H and O–H groups in total. The number of rotatable bonds is 6. The first kappa shape index (κ1) is 15.4. The average molecular weight is 296 g/mol. The van der Waals surface area contributed by atoms with Crippen LogP contribution in [0.4, 0.5) is 11.6 Å². The Bertz CT molecular complexity index is 422. The van der Waals surface area contributed by atoms with E-state index in [2.05, 4.69) is 21.5 Å². The zero-order chi connectivity index (χ0) is 14.4. The van der Waals surface area contributed by atoms with Gasteiger partial charge in [0.2, 0.25) is 0 Å². The highest BCUT2D eigenvalue weighted by Crippen LogP contribution is 2.28. The van der Waals surface area contributed by atoms with Gasteiger partial charge in [0, 0.05) is 24.0 Å². The molecule has 5 nitrogen and oxygen atoms in total. The largest absolute Gasteiger partial charge is 0.384 e. The second-order valence-electron chi connectivity index (χ2n) is 5.09. The summed E-state index contributed by atoms with van der Waals surface area (Å²) in [5, 5.41) is 4.30. The van der Waals surface area contributed by atoms with Crippen molar-refractivity contribution < 1.29 is 4.74 Å². The first-order valence-corrected chi connectivity index (χ1v) is 8.50. The van der Waals surface area contributed by atoms with Gasteiger partial charge in [-0.25, -0.2) is 9.97 Å². The SMILES string of the molecule is CCOCc1nc(N)cc(NC2CCC(SC)CC2)n1. The molecule has 1 aliphatic carbocycles. The molecule has 1 aromatic rings. The highest BCUT2D eigenvalue weighted by atomic mass is 32.2. The minimum atomic E-state index is 0.412. The van der Waals surface area contributed by atoms with Gasteiger partial charge in [0.05, 0.1) is 0 Å². The van der Waals surface area contributed by atoms with Gasteiger partial charge in [-0.15, -0.1) is 0 Å². The van der Waals surface area contributed by atoms with Crippen LogP contribution in [-0.2, 0) is 11.3 Å². The van der Waals surface area contributed by atoms with Crippen LogP contribution >= 0.6 is 11.8 Å². The summed E-state index contributed by atoms with van der Waals surface area (Å²) in [6, 6.07) is 2.29. The Kier molecular flexibility index (Phi) is 5.91. The fourth-order valence-corrected chi connectivity index (χ4v) is 3.25. The first-order chi connectivity index (χ1) is 9.71. The van der Waals surface area contributed by atoms with Crippen molar-refractivity contribution in [3.63, 3.8) is 0 Å². The minimum Gasteiger partial charge on any atom is -0.384 e. The predicted molar refractivity (Wildman–Crippen MR) is 85.0 cm³/mol. The highest BCUT2D eigenvalue weighted by molar-refractivity contribution is 7.99. The Morgan fingerprint density at radius 2 is 2.10 bits per heavy atom. The number of hydrogen-bond acceptors (Lipinski definition) is 6.